The molecule has 134 valence electrons. The number of carbonyl (C=O) groups is 1. The van der Waals surface area contributed by atoms with Crippen LogP contribution >= 0.6 is 11.3 Å². The first-order chi connectivity index (χ1) is 11.3. The normalized spacial score (nSPS) is 22.1. The van der Waals surface area contributed by atoms with Crippen molar-refractivity contribution < 1.29 is 17.9 Å². The van der Waals surface area contributed by atoms with E-state index in [2.05, 4.69) is 19.2 Å². The first kappa shape index (κ1) is 17.8. The Morgan fingerprint density at radius 2 is 2.04 bits per heavy atom. The van der Waals surface area contributed by atoms with Gasteiger partial charge in [-0.1, -0.05) is 13.8 Å². The van der Waals surface area contributed by atoms with Crippen LogP contribution in [0.5, 0.6) is 0 Å². The molecular formula is C16H24N2O4S2. The van der Waals surface area contributed by atoms with E-state index in [4.69, 9.17) is 4.74 Å². The zero-order valence-corrected chi connectivity index (χ0v) is 15.7. The fourth-order valence-corrected chi connectivity index (χ4v) is 5.71. The Morgan fingerprint density at radius 3 is 2.62 bits per heavy atom. The first-order valence-corrected chi connectivity index (χ1v) is 10.5. The summed E-state index contributed by atoms with van der Waals surface area (Å²) in [7, 11) is -3.48. The lowest BCUT2D eigenvalue weighted by molar-refractivity contribution is -0.0978. The van der Waals surface area contributed by atoms with Crippen molar-refractivity contribution in [1.29, 1.82) is 0 Å². The van der Waals surface area contributed by atoms with Gasteiger partial charge in [-0.05, 0) is 30.9 Å². The number of nitrogens with zero attached hydrogens (tertiary/aromatic N) is 1. The number of carbonyl (C=O) groups excluding carboxylic acids is 1. The Kier molecular flexibility index (Phi) is 5.01. The number of thiophene rings is 1. The van der Waals surface area contributed by atoms with Crippen LogP contribution in [0.25, 0.3) is 0 Å². The van der Waals surface area contributed by atoms with E-state index in [1.54, 1.807) is 12.1 Å². The molecule has 2 saturated heterocycles. The summed E-state index contributed by atoms with van der Waals surface area (Å²) < 4.78 is 32.3. The molecule has 0 aromatic carbocycles. The summed E-state index contributed by atoms with van der Waals surface area (Å²) in [6.07, 6.45) is 1.78. The zero-order valence-electron chi connectivity index (χ0n) is 14.1. The Morgan fingerprint density at radius 1 is 1.38 bits per heavy atom. The van der Waals surface area contributed by atoms with E-state index in [9.17, 15) is 13.2 Å². The summed E-state index contributed by atoms with van der Waals surface area (Å²) in [5.41, 5.74) is -0.00762. The highest BCUT2D eigenvalue weighted by atomic mass is 32.2. The highest BCUT2D eigenvalue weighted by molar-refractivity contribution is 7.91. The van der Waals surface area contributed by atoms with Crippen LogP contribution < -0.4 is 5.32 Å². The van der Waals surface area contributed by atoms with Crippen molar-refractivity contribution in [3.8, 4) is 0 Å². The van der Waals surface area contributed by atoms with E-state index >= 15 is 0 Å². The molecule has 2 aliphatic rings. The largest absolute Gasteiger partial charge is 0.380 e. The summed E-state index contributed by atoms with van der Waals surface area (Å²) in [5.74, 6) is 0.347. The molecule has 0 spiro atoms. The predicted molar refractivity (Wildman–Crippen MR) is 92.7 cm³/mol. The monoisotopic (exact) mass is 372 g/mol. The third kappa shape index (κ3) is 3.66. The smallest absolute Gasteiger partial charge is 0.261 e. The molecule has 6 nitrogen and oxygen atoms in total. The minimum absolute atomic E-state index is 0.00762. The lowest BCUT2D eigenvalue weighted by Gasteiger charge is -2.37. The van der Waals surface area contributed by atoms with E-state index in [-0.39, 0.29) is 15.5 Å². The van der Waals surface area contributed by atoms with Gasteiger partial charge in [-0.15, -0.1) is 11.3 Å². The van der Waals surface area contributed by atoms with Crippen molar-refractivity contribution in [3.63, 3.8) is 0 Å². The quantitative estimate of drug-likeness (QED) is 0.857. The van der Waals surface area contributed by atoms with Crippen molar-refractivity contribution in [2.45, 2.75) is 30.9 Å². The molecule has 0 bridgehead atoms. The maximum absolute atomic E-state index is 12.7. The molecule has 24 heavy (non-hydrogen) atoms. The molecule has 3 heterocycles. The SMILES string of the molecule is CC1CCN(S(=O)(=O)c2ccc(C(=O)NCC3(C)COC3)s2)CC1. The van der Waals surface area contributed by atoms with Gasteiger partial charge in [0.1, 0.15) is 4.21 Å². The van der Waals surface area contributed by atoms with Gasteiger partial charge in [0.25, 0.3) is 15.9 Å². The summed E-state index contributed by atoms with van der Waals surface area (Å²) >= 11 is 1.05. The van der Waals surface area contributed by atoms with Crippen LogP contribution in [0.2, 0.25) is 0 Å². The molecule has 0 radical (unpaired) electrons. The van der Waals surface area contributed by atoms with Crippen molar-refractivity contribution in [2.75, 3.05) is 32.8 Å². The van der Waals surface area contributed by atoms with E-state index < -0.39 is 10.0 Å². The van der Waals surface area contributed by atoms with Gasteiger partial charge >= 0.3 is 0 Å². The number of sulfonamides is 1. The number of ether oxygens (including phenoxy) is 1. The number of rotatable bonds is 5. The number of hydrogen-bond donors (Lipinski definition) is 1. The van der Waals surface area contributed by atoms with Crippen LogP contribution in [0.1, 0.15) is 36.4 Å². The Labute approximate surface area is 147 Å². The van der Waals surface area contributed by atoms with Crippen LogP contribution in [0.4, 0.5) is 0 Å². The maximum atomic E-state index is 12.7. The van der Waals surface area contributed by atoms with Gasteiger partial charge in [-0.25, -0.2) is 8.42 Å². The van der Waals surface area contributed by atoms with Crippen molar-refractivity contribution in [1.82, 2.24) is 9.62 Å². The van der Waals surface area contributed by atoms with Gasteiger partial charge in [0.05, 0.1) is 18.1 Å². The van der Waals surface area contributed by atoms with Gasteiger partial charge < -0.3 is 10.1 Å². The lowest BCUT2D eigenvalue weighted by atomic mass is 9.89. The van der Waals surface area contributed by atoms with Gasteiger partial charge in [0.2, 0.25) is 0 Å². The molecule has 1 N–H and O–H groups in total. The van der Waals surface area contributed by atoms with Crippen LogP contribution in [-0.2, 0) is 14.8 Å². The molecule has 0 unspecified atom stereocenters. The van der Waals surface area contributed by atoms with Gasteiger partial charge in [0, 0.05) is 25.0 Å². The lowest BCUT2D eigenvalue weighted by Crippen LogP contribution is -2.48. The molecule has 0 aliphatic carbocycles. The van der Waals surface area contributed by atoms with E-state index in [0.717, 1.165) is 24.2 Å². The Hall–Kier alpha value is -0.960. The topological polar surface area (TPSA) is 75.7 Å². The van der Waals surface area contributed by atoms with Gasteiger partial charge in [-0.2, -0.15) is 4.31 Å². The summed E-state index contributed by atoms with van der Waals surface area (Å²) in [6.45, 7) is 7.14. The minimum atomic E-state index is -3.48. The van der Waals surface area contributed by atoms with E-state index in [0.29, 0.717) is 43.6 Å². The highest BCUT2D eigenvalue weighted by Gasteiger charge is 2.34. The fourth-order valence-electron chi connectivity index (χ4n) is 2.87. The Balaban J connectivity index is 1.64. The van der Waals surface area contributed by atoms with Crippen molar-refractivity contribution in [2.24, 2.45) is 11.3 Å². The Bertz CT molecular complexity index is 701. The molecule has 1 amide bonds. The molecule has 1 aromatic rings. The molecule has 1 aromatic heterocycles. The second-order valence-electron chi connectivity index (χ2n) is 7.19. The van der Waals surface area contributed by atoms with Crippen LogP contribution in [0.15, 0.2) is 16.3 Å². The summed E-state index contributed by atoms with van der Waals surface area (Å²) in [6, 6.07) is 3.14. The summed E-state index contributed by atoms with van der Waals surface area (Å²) in [5, 5.41) is 2.87. The number of nitrogens with one attached hydrogen (secondary N) is 1. The van der Waals surface area contributed by atoms with Crippen molar-refractivity contribution >= 4 is 27.3 Å². The molecule has 2 aliphatic heterocycles. The van der Waals surface area contributed by atoms with Crippen LogP contribution in [0.3, 0.4) is 0 Å². The van der Waals surface area contributed by atoms with Gasteiger partial charge in [0.15, 0.2) is 0 Å². The molecule has 3 rings (SSSR count). The number of hydrogen-bond acceptors (Lipinski definition) is 5. The third-order valence-corrected chi connectivity index (χ3v) is 8.17. The van der Waals surface area contributed by atoms with Crippen LogP contribution in [0, 0.1) is 11.3 Å². The third-order valence-electron chi connectivity index (χ3n) is 4.72. The average Bonchev–Trinajstić information content (AvgIpc) is 3.02. The molecule has 8 heteroatoms. The number of amides is 1. The van der Waals surface area contributed by atoms with Crippen molar-refractivity contribution in [3.05, 3.63) is 17.0 Å². The van der Waals surface area contributed by atoms with E-state index in [1.807, 2.05) is 0 Å². The second-order valence-corrected chi connectivity index (χ2v) is 10.4. The molecule has 2 fully saturated rings. The minimum Gasteiger partial charge on any atom is -0.380 e. The van der Waals surface area contributed by atoms with E-state index in [1.165, 1.54) is 4.31 Å². The maximum Gasteiger partial charge on any atom is 0.261 e. The average molecular weight is 373 g/mol. The predicted octanol–water partition coefficient (Wildman–Crippen LogP) is 1.93. The van der Waals surface area contributed by atoms with Gasteiger partial charge in [-0.3, -0.25) is 4.79 Å². The molecule has 0 saturated carbocycles. The number of piperidine rings is 1. The zero-order chi connectivity index (χ0) is 17.4. The van der Waals surface area contributed by atoms with Crippen LogP contribution in [-0.4, -0.2) is 51.5 Å². The standard InChI is InChI=1S/C16H24N2O4S2/c1-12-5-7-18(8-6-12)24(20,21)14-4-3-13(23-14)15(19)17-9-16(2)10-22-11-16/h3-4,12H,5-11H2,1-2H3,(H,17,19). The first-order valence-electron chi connectivity index (χ1n) is 8.26. The highest BCUT2D eigenvalue weighted by Crippen LogP contribution is 2.29. The molecule has 0 atom stereocenters. The molecular weight excluding hydrogens is 348 g/mol. The second kappa shape index (κ2) is 6.74. The summed E-state index contributed by atoms with van der Waals surface area (Å²) in [4.78, 5) is 12.7. The fraction of sp³-hybridized carbons (Fsp3) is 0.688.